The molecular formula is C22H28ClF3N4O3. The van der Waals surface area contributed by atoms with E-state index in [1.54, 1.807) is 11.8 Å². The van der Waals surface area contributed by atoms with Gasteiger partial charge in [0.05, 0.1) is 5.56 Å². The third kappa shape index (κ3) is 6.17. The van der Waals surface area contributed by atoms with Crippen LogP contribution in [0.5, 0.6) is 0 Å². The SMILES string of the molecule is CC(=O)N1CCCN(C2CN(C(=O)c3cc(NC(=O)CCl)cc(C(F)(F)F)c3)CC2C)CC1. The van der Waals surface area contributed by atoms with Crippen molar-refractivity contribution < 1.29 is 27.6 Å². The number of rotatable bonds is 4. The second-order valence-corrected chi connectivity index (χ2v) is 8.90. The Morgan fingerprint density at radius 2 is 1.79 bits per heavy atom. The summed E-state index contributed by atoms with van der Waals surface area (Å²) in [5, 5.41) is 2.30. The fourth-order valence-corrected chi connectivity index (χ4v) is 4.61. The molecule has 0 radical (unpaired) electrons. The van der Waals surface area contributed by atoms with Crippen LogP contribution in [0.2, 0.25) is 0 Å². The van der Waals surface area contributed by atoms with E-state index in [0.29, 0.717) is 32.7 Å². The van der Waals surface area contributed by atoms with Crippen LogP contribution in [-0.4, -0.2) is 83.6 Å². The topological polar surface area (TPSA) is 73.0 Å². The van der Waals surface area contributed by atoms with E-state index in [-0.39, 0.29) is 29.1 Å². The molecule has 1 aromatic rings. The van der Waals surface area contributed by atoms with E-state index >= 15 is 0 Å². The zero-order valence-corrected chi connectivity index (χ0v) is 19.4. The Kier molecular flexibility index (Phi) is 7.89. The number of nitrogens with one attached hydrogen (secondary N) is 1. The van der Waals surface area contributed by atoms with Crippen LogP contribution in [0.3, 0.4) is 0 Å². The number of carbonyl (C=O) groups is 3. The fourth-order valence-electron chi connectivity index (χ4n) is 4.54. The summed E-state index contributed by atoms with van der Waals surface area (Å²) < 4.78 is 40.2. The molecule has 0 saturated carbocycles. The number of nitrogens with zero attached hydrogens (tertiary/aromatic N) is 3. The van der Waals surface area contributed by atoms with E-state index in [1.807, 2.05) is 11.8 Å². The molecule has 2 atom stereocenters. The van der Waals surface area contributed by atoms with E-state index in [0.717, 1.165) is 25.1 Å². The molecule has 182 valence electrons. The van der Waals surface area contributed by atoms with E-state index in [2.05, 4.69) is 10.2 Å². The van der Waals surface area contributed by atoms with Gasteiger partial charge in [-0.3, -0.25) is 19.3 Å². The van der Waals surface area contributed by atoms with Gasteiger partial charge in [-0.05, 0) is 30.5 Å². The molecule has 1 aromatic carbocycles. The Balaban J connectivity index is 1.77. The molecule has 1 N–H and O–H groups in total. The van der Waals surface area contributed by atoms with Crippen LogP contribution in [0.1, 0.15) is 36.2 Å². The summed E-state index contributed by atoms with van der Waals surface area (Å²) in [5.41, 5.74) is -1.28. The van der Waals surface area contributed by atoms with Gasteiger partial charge in [-0.2, -0.15) is 13.2 Å². The average molecular weight is 489 g/mol. The van der Waals surface area contributed by atoms with Crippen molar-refractivity contribution >= 4 is 35.0 Å². The van der Waals surface area contributed by atoms with Crippen molar-refractivity contribution in [2.24, 2.45) is 5.92 Å². The van der Waals surface area contributed by atoms with Gasteiger partial charge in [0.25, 0.3) is 5.91 Å². The average Bonchev–Trinajstić information content (AvgIpc) is 2.97. The Labute approximate surface area is 195 Å². The molecule has 2 heterocycles. The van der Waals surface area contributed by atoms with Crippen molar-refractivity contribution in [2.45, 2.75) is 32.5 Å². The maximum atomic E-state index is 13.4. The predicted octanol–water partition coefficient (Wildman–Crippen LogP) is 2.90. The highest BCUT2D eigenvalue weighted by Gasteiger charge is 2.38. The van der Waals surface area contributed by atoms with E-state index in [1.165, 1.54) is 6.07 Å². The van der Waals surface area contributed by atoms with Crippen molar-refractivity contribution in [2.75, 3.05) is 50.5 Å². The van der Waals surface area contributed by atoms with E-state index < -0.39 is 29.4 Å². The number of benzene rings is 1. The van der Waals surface area contributed by atoms with Crippen molar-refractivity contribution in [3.8, 4) is 0 Å². The Bertz CT molecular complexity index is 911. The van der Waals surface area contributed by atoms with Gasteiger partial charge in [0.2, 0.25) is 11.8 Å². The number of carbonyl (C=O) groups excluding carboxylic acids is 3. The molecule has 2 aliphatic heterocycles. The van der Waals surface area contributed by atoms with Gasteiger partial charge in [0, 0.05) is 63.5 Å². The molecule has 2 aliphatic rings. The number of alkyl halides is 4. The normalized spacial score (nSPS) is 22.2. The second kappa shape index (κ2) is 10.3. The van der Waals surface area contributed by atoms with Crippen LogP contribution < -0.4 is 5.32 Å². The smallest absolute Gasteiger partial charge is 0.342 e. The number of hydrogen-bond donors (Lipinski definition) is 1. The van der Waals surface area contributed by atoms with Crippen LogP contribution >= 0.6 is 11.6 Å². The molecule has 11 heteroatoms. The van der Waals surface area contributed by atoms with Gasteiger partial charge in [-0.25, -0.2) is 0 Å². The minimum absolute atomic E-state index is 0.0368. The third-order valence-corrected chi connectivity index (χ3v) is 6.46. The first-order chi connectivity index (χ1) is 15.5. The lowest BCUT2D eigenvalue weighted by molar-refractivity contribution is -0.137. The summed E-state index contributed by atoms with van der Waals surface area (Å²) >= 11 is 5.45. The minimum Gasteiger partial charge on any atom is -0.342 e. The highest BCUT2D eigenvalue weighted by Crippen LogP contribution is 2.33. The Morgan fingerprint density at radius 1 is 1.06 bits per heavy atom. The molecule has 2 fully saturated rings. The van der Waals surface area contributed by atoms with Gasteiger partial charge in [0.1, 0.15) is 5.88 Å². The van der Waals surface area contributed by atoms with E-state index in [9.17, 15) is 27.6 Å². The number of hydrogen-bond acceptors (Lipinski definition) is 4. The Hall–Kier alpha value is -2.33. The standard InChI is InChI=1S/C22H28ClF3N4O3/c1-14-12-30(13-19(14)29-5-3-4-28(6-7-29)15(2)31)21(33)16-8-17(22(24,25)26)10-18(9-16)27-20(32)11-23/h8-10,14,19H,3-7,11-13H2,1-2H3,(H,27,32). The molecule has 3 amide bonds. The lowest BCUT2D eigenvalue weighted by Gasteiger charge is -2.30. The molecule has 3 rings (SSSR count). The van der Waals surface area contributed by atoms with Gasteiger partial charge < -0.3 is 15.1 Å². The first kappa shape index (κ1) is 25.3. The molecule has 0 spiro atoms. The number of halogens is 4. The summed E-state index contributed by atoms with van der Waals surface area (Å²) in [6, 6.07) is 2.90. The highest BCUT2D eigenvalue weighted by molar-refractivity contribution is 6.29. The van der Waals surface area contributed by atoms with Gasteiger partial charge in [-0.1, -0.05) is 6.92 Å². The zero-order chi connectivity index (χ0) is 24.3. The molecule has 0 aromatic heterocycles. The highest BCUT2D eigenvalue weighted by atomic mass is 35.5. The summed E-state index contributed by atoms with van der Waals surface area (Å²) in [6.07, 6.45) is -3.85. The van der Waals surface area contributed by atoms with Crippen LogP contribution in [-0.2, 0) is 15.8 Å². The quantitative estimate of drug-likeness (QED) is 0.661. The predicted molar refractivity (Wildman–Crippen MR) is 118 cm³/mol. The van der Waals surface area contributed by atoms with Crippen LogP contribution in [0.25, 0.3) is 0 Å². The lowest BCUT2D eigenvalue weighted by atomic mass is 10.0. The molecule has 2 unspecified atom stereocenters. The monoisotopic (exact) mass is 488 g/mol. The number of likely N-dealkylation sites (tertiary alicyclic amines) is 1. The maximum Gasteiger partial charge on any atom is 0.416 e. The summed E-state index contributed by atoms with van der Waals surface area (Å²) in [6.45, 7) is 7.15. The largest absolute Gasteiger partial charge is 0.416 e. The van der Waals surface area contributed by atoms with Crippen molar-refractivity contribution in [3.05, 3.63) is 29.3 Å². The zero-order valence-electron chi connectivity index (χ0n) is 18.6. The fraction of sp³-hybridized carbons (Fsp3) is 0.591. The Morgan fingerprint density at radius 3 is 2.42 bits per heavy atom. The van der Waals surface area contributed by atoms with E-state index in [4.69, 9.17) is 11.6 Å². The molecular weight excluding hydrogens is 461 g/mol. The third-order valence-electron chi connectivity index (χ3n) is 6.22. The summed E-state index contributed by atoms with van der Waals surface area (Å²) in [4.78, 5) is 42.1. The lowest BCUT2D eigenvalue weighted by Crippen LogP contribution is -2.43. The van der Waals surface area contributed by atoms with Gasteiger partial charge in [0.15, 0.2) is 0 Å². The number of amides is 3. The minimum atomic E-state index is -4.67. The van der Waals surface area contributed by atoms with Crippen LogP contribution in [0.15, 0.2) is 18.2 Å². The molecule has 33 heavy (non-hydrogen) atoms. The van der Waals surface area contributed by atoms with Crippen molar-refractivity contribution in [1.29, 1.82) is 0 Å². The van der Waals surface area contributed by atoms with Gasteiger partial charge >= 0.3 is 6.18 Å². The summed E-state index contributed by atoms with van der Waals surface area (Å²) in [5.74, 6) is -1.43. The summed E-state index contributed by atoms with van der Waals surface area (Å²) in [7, 11) is 0. The van der Waals surface area contributed by atoms with Crippen LogP contribution in [0.4, 0.5) is 18.9 Å². The number of anilines is 1. The van der Waals surface area contributed by atoms with Crippen molar-refractivity contribution in [1.82, 2.24) is 14.7 Å². The molecule has 2 saturated heterocycles. The molecule has 7 nitrogen and oxygen atoms in total. The first-order valence-corrected chi connectivity index (χ1v) is 11.4. The molecule has 0 bridgehead atoms. The van der Waals surface area contributed by atoms with Crippen LogP contribution in [0, 0.1) is 5.92 Å². The maximum absolute atomic E-state index is 13.4. The first-order valence-electron chi connectivity index (χ1n) is 10.9. The molecule has 0 aliphatic carbocycles. The van der Waals surface area contributed by atoms with Gasteiger partial charge in [-0.15, -0.1) is 11.6 Å². The van der Waals surface area contributed by atoms with Crippen molar-refractivity contribution in [3.63, 3.8) is 0 Å². The second-order valence-electron chi connectivity index (χ2n) is 8.63.